The zero-order valence-corrected chi connectivity index (χ0v) is 16.2. The number of carbonyl (C=O) groups is 1. The van der Waals surface area contributed by atoms with Crippen LogP contribution in [0.3, 0.4) is 0 Å². The van der Waals surface area contributed by atoms with Gasteiger partial charge < -0.3 is 14.7 Å². The minimum atomic E-state index is -0.0392. The van der Waals surface area contributed by atoms with Gasteiger partial charge in [0.05, 0.1) is 18.3 Å². The van der Waals surface area contributed by atoms with Crippen molar-refractivity contribution in [3.63, 3.8) is 0 Å². The third kappa shape index (κ3) is 3.51. The number of aromatic nitrogens is 4. The number of hydrogen-bond donors (Lipinski definition) is 1. The second kappa shape index (κ2) is 7.57. The van der Waals surface area contributed by atoms with Crippen LogP contribution in [-0.4, -0.2) is 43.8 Å². The molecule has 0 spiro atoms. The van der Waals surface area contributed by atoms with Crippen LogP contribution in [0.2, 0.25) is 0 Å². The summed E-state index contributed by atoms with van der Waals surface area (Å²) in [7, 11) is 3.79. The Kier molecular flexibility index (Phi) is 5.41. The van der Waals surface area contributed by atoms with E-state index in [0.29, 0.717) is 24.7 Å². The molecule has 1 amide bonds. The number of carbonyl (C=O) groups excluding carboxylic acids is 1. The summed E-state index contributed by atoms with van der Waals surface area (Å²) in [5.74, 6) is 1.45. The van der Waals surface area contributed by atoms with Gasteiger partial charge in [0.2, 0.25) is 11.8 Å². The Bertz CT molecular complexity index is 781. The van der Waals surface area contributed by atoms with E-state index < -0.39 is 0 Å². The number of hydrogen-bond acceptors (Lipinski definition) is 6. The van der Waals surface area contributed by atoms with Gasteiger partial charge in [0, 0.05) is 44.2 Å². The highest BCUT2D eigenvalue weighted by Crippen LogP contribution is 2.35. The van der Waals surface area contributed by atoms with Gasteiger partial charge in [-0.2, -0.15) is 10.1 Å². The van der Waals surface area contributed by atoms with Crippen molar-refractivity contribution in [3.05, 3.63) is 28.7 Å². The molecule has 0 saturated carbocycles. The molecule has 1 aliphatic rings. The first-order chi connectivity index (χ1) is 12.4. The standard InChI is InChI=1S/C18H28N6O2/c1-6-7-8-15-20-14(22-26-15)10-19-13-9-16(25)23(4)18(13)17-11(2)21-24(5)12(17)3/h13,18-19H,6-10H2,1-5H3/t13-,18-/m1/s1. The minimum absolute atomic E-state index is 0.00769. The van der Waals surface area contributed by atoms with Gasteiger partial charge in [0.15, 0.2) is 5.82 Å². The molecule has 3 heterocycles. The number of nitrogens with one attached hydrogen (secondary N) is 1. The fourth-order valence-electron chi connectivity index (χ4n) is 3.68. The van der Waals surface area contributed by atoms with E-state index in [0.717, 1.165) is 36.2 Å². The SMILES string of the molecule is CCCCc1nc(CN[C@@H]2CC(=O)N(C)[C@H]2c2c(C)nn(C)c2C)no1. The molecular weight excluding hydrogens is 332 g/mol. The van der Waals surface area contributed by atoms with E-state index in [1.165, 1.54) is 0 Å². The van der Waals surface area contributed by atoms with E-state index in [2.05, 4.69) is 27.5 Å². The van der Waals surface area contributed by atoms with Gasteiger partial charge in [-0.05, 0) is 20.3 Å². The Labute approximate surface area is 153 Å². The van der Waals surface area contributed by atoms with Gasteiger partial charge in [-0.25, -0.2) is 0 Å². The number of amides is 1. The summed E-state index contributed by atoms with van der Waals surface area (Å²) in [6, 6.07) is -0.0469. The molecule has 0 aromatic carbocycles. The topological polar surface area (TPSA) is 89.1 Å². The van der Waals surface area contributed by atoms with Crippen LogP contribution in [0.5, 0.6) is 0 Å². The monoisotopic (exact) mass is 360 g/mol. The average Bonchev–Trinajstić information content (AvgIpc) is 3.24. The van der Waals surface area contributed by atoms with Gasteiger partial charge in [-0.3, -0.25) is 9.48 Å². The quantitative estimate of drug-likeness (QED) is 0.810. The van der Waals surface area contributed by atoms with Crippen molar-refractivity contribution in [3.8, 4) is 0 Å². The van der Waals surface area contributed by atoms with Gasteiger partial charge in [0.25, 0.3) is 0 Å². The van der Waals surface area contributed by atoms with Crippen molar-refractivity contribution in [1.82, 2.24) is 30.1 Å². The summed E-state index contributed by atoms with van der Waals surface area (Å²) in [5, 5.41) is 12.0. The molecule has 2 atom stereocenters. The zero-order valence-electron chi connectivity index (χ0n) is 16.2. The van der Waals surface area contributed by atoms with Crippen molar-refractivity contribution < 1.29 is 9.32 Å². The first kappa shape index (κ1) is 18.6. The summed E-state index contributed by atoms with van der Waals surface area (Å²) in [4.78, 5) is 18.6. The lowest BCUT2D eigenvalue weighted by molar-refractivity contribution is -0.127. The van der Waals surface area contributed by atoms with Crippen LogP contribution >= 0.6 is 0 Å². The van der Waals surface area contributed by atoms with Crippen molar-refractivity contribution in [1.29, 1.82) is 0 Å². The second-order valence-corrected chi connectivity index (χ2v) is 7.06. The van der Waals surface area contributed by atoms with Crippen molar-refractivity contribution in [2.45, 2.75) is 65.1 Å². The average molecular weight is 360 g/mol. The second-order valence-electron chi connectivity index (χ2n) is 7.06. The molecule has 26 heavy (non-hydrogen) atoms. The summed E-state index contributed by atoms with van der Waals surface area (Å²) < 4.78 is 7.16. The first-order valence-electron chi connectivity index (χ1n) is 9.23. The molecule has 142 valence electrons. The lowest BCUT2D eigenvalue weighted by atomic mass is 9.98. The van der Waals surface area contributed by atoms with E-state index in [1.807, 2.05) is 37.5 Å². The summed E-state index contributed by atoms with van der Waals surface area (Å²) >= 11 is 0. The van der Waals surface area contributed by atoms with Crippen LogP contribution in [0.15, 0.2) is 4.52 Å². The Morgan fingerprint density at radius 2 is 2.08 bits per heavy atom. The predicted molar refractivity (Wildman–Crippen MR) is 96.3 cm³/mol. The molecule has 3 rings (SSSR count). The van der Waals surface area contributed by atoms with Crippen molar-refractivity contribution in [2.75, 3.05) is 7.05 Å². The Balaban J connectivity index is 1.73. The number of likely N-dealkylation sites (N-methyl/N-ethyl adjacent to an activating group) is 1. The molecular formula is C18H28N6O2. The number of likely N-dealkylation sites (tertiary alicyclic amines) is 1. The Hall–Kier alpha value is -2.22. The molecule has 2 aromatic heterocycles. The van der Waals surface area contributed by atoms with Crippen LogP contribution in [-0.2, 0) is 24.8 Å². The highest BCUT2D eigenvalue weighted by molar-refractivity contribution is 5.80. The number of rotatable bonds is 7. The number of unbranched alkanes of at least 4 members (excludes halogenated alkanes) is 1. The van der Waals surface area contributed by atoms with Gasteiger partial charge in [-0.1, -0.05) is 18.5 Å². The molecule has 1 fully saturated rings. The fourth-order valence-corrected chi connectivity index (χ4v) is 3.68. The maximum atomic E-state index is 12.3. The molecule has 0 unspecified atom stereocenters. The van der Waals surface area contributed by atoms with E-state index in [9.17, 15) is 4.79 Å². The van der Waals surface area contributed by atoms with Crippen LogP contribution in [0, 0.1) is 13.8 Å². The fraction of sp³-hybridized carbons (Fsp3) is 0.667. The van der Waals surface area contributed by atoms with Crippen molar-refractivity contribution >= 4 is 5.91 Å². The third-order valence-corrected chi connectivity index (χ3v) is 5.22. The summed E-state index contributed by atoms with van der Waals surface area (Å²) in [5.41, 5.74) is 3.17. The van der Waals surface area contributed by atoms with E-state index in [1.54, 1.807) is 0 Å². The normalized spacial score (nSPS) is 20.3. The zero-order chi connectivity index (χ0) is 18.8. The van der Waals surface area contributed by atoms with Gasteiger partial charge in [-0.15, -0.1) is 0 Å². The number of aryl methyl sites for hydroxylation is 3. The Morgan fingerprint density at radius 3 is 2.73 bits per heavy atom. The maximum Gasteiger partial charge on any atom is 0.226 e. The van der Waals surface area contributed by atoms with Gasteiger partial charge in [0.1, 0.15) is 0 Å². The van der Waals surface area contributed by atoms with E-state index >= 15 is 0 Å². The first-order valence-corrected chi connectivity index (χ1v) is 9.23. The lowest BCUT2D eigenvalue weighted by Gasteiger charge is -2.26. The van der Waals surface area contributed by atoms with Crippen molar-refractivity contribution in [2.24, 2.45) is 7.05 Å². The predicted octanol–water partition coefficient (Wildman–Crippen LogP) is 1.82. The highest BCUT2D eigenvalue weighted by Gasteiger charge is 2.40. The molecule has 0 aliphatic carbocycles. The molecule has 8 nitrogen and oxygen atoms in total. The van der Waals surface area contributed by atoms with E-state index in [-0.39, 0.29) is 18.0 Å². The number of nitrogens with zero attached hydrogens (tertiary/aromatic N) is 5. The maximum absolute atomic E-state index is 12.3. The Morgan fingerprint density at radius 1 is 1.31 bits per heavy atom. The summed E-state index contributed by atoms with van der Waals surface area (Å²) in [6.07, 6.45) is 3.40. The largest absolute Gasteiger partial charge is 0.339 e. The van der Waals surface area contributed by atoms with E-state index in [4.69, 9.17) is 4.52 Å². The van der Waals surface area contributed by atoms with Crippen LogP contribution in [0.25, 0.3) is 0 Å². The molecule has 1 aliphatic heterocycles. The molecule has 0 radical (unpaired) electrons. The van der Waals surface area contributed by atoms with Crippen LogP contribution in [0.1, 0.15) is 60.9 Å². The minimum Gasteiger partial charge on any atom is -0.339 e. The molecule has 8 heteroatoms. The van der Waals surface area contributed by atoms with Crippen LogP contribution < -0.4 is 5.32 Å². The summed E-state index contributed by atoms with van der Waals surface area (Å²) in [6.45, 7) is 6.66. The molecule has 2 aromatic rings. The lowest BCUT2D eigenvalue weighted by Crippen LogP contribution is -2.35. The molecule has 1 saturated heterocycles. The smallest absolute Gasteiger partial charge is 0.226 e. The van der Waals surface area contributed by atoms with Gasteiger partial charge >= 0.3 is 0 Å². The highest BCUT2D eigenvalue weighted by atomic mass is 16.5. The third-order valence-electron chi connectivity index (χ3n) is 5.22. The molecule has 0 bridgehead atoms. The van der Waals surface area contributed by atoms with Crippen LogP contribution in [0.4, 0.5) is 0 Å². The molecule has 1 N–H and O–H groups in total.